The summed E-state index contributed by atoms with van der Waals surface area (Å²) in [7, 11) is 0. The van der Waals surface area contributed by atoms with E-state index in [0.717, 1.165) is 18.5 Å². The van der Waals surface area contributed by atoms with Crippen LogP contribution in [0.2, 0.25) is 0 Å². The zero-order chi connectivity index (χ0) is 17.7. The molecular formula is C18H28N4O2. The molecule has 0 aliphatic carbocycles. The largest absolute Gasteiger partial charge is 0.352 e. The van der Waals surface area contributed by atoms with Crippen molar-refractivity contribution in [1.29, 1.82) is 0 Å². The predicted octanol–water partition coefficient (Wildman–Crippen LogP) is 2.17. The fourth-order valence-electron chi connectivity index (χ4n) is 2.64. The first kappa shape index (κ1) is 18.3. The van der Waals surface area contributed by atoms with E-state index < -0.39 is 6.04 Å². The number of carbonyl (C=O) groups excluding carboxylic acids is 2. The van der Waals surface area contributed by atoms with Gasteiger partial charge in [-0.05, 0) is 30.4 Å². The summed E-state index contributed by atoms with van der Waals surface area (Å²) in [6.07, 6.45) is 1.48. The number of nitrogens with two attached hydrogens (primary N) is 1. The molecule has 0 bridgehead atoms. The maximum absolute atomic E-state index is 12.2. The van der Waals surface area contributed by atoms with Gasteiger partial charge < -0.3 is 21.3 Å². The van der Waals surface area contributed by atoms with Crippen molar-refractivity contribution >= 4 is 17.6 Å². The lowest BCUT2D eigenvalue weighted by Gasteiger charge is -2.34. The van der Waals surface area contributed by atoms with Crippen LogP contribution in [0.4, 0.5) is 10.5 Å². The van der Waals surface area contributed by atoms with E-state index >= 15 is 0 Å². The van der Waals surface area contributed by atoms with E-state index in [1.54, 1.807) is 4.90 Å². The van der Waals surface area contributed by atoms with Crippen LogP contribution in [0.15, 0.2) is 30.3 Å². The second kappa shape index (κ2) is 7.66. The molecule has 2 rings (SSSR count). The summed E-state index contributed by atoms with van der Waals surface area (Å²) in [5, 5.41) is 5.90. The molecule has 24 heavy (non-hydrogen) atoms. The number of amides is 3. The Morgan fingerprint density at radius 3 is 2.29 bits per heavy atom. The number of benzene rings is 1. The van der Waals surface area contributed by atoms with Crippen molar-refractivity contribution in [2.24, 2.45) is 11.1 Å². The number of piperidine rings is 1. The molecule has 1 atom stereocenters. The highest BCUT2D eigenvalue weighted by atomic mass is 16.2. The van der Waals surface area contributed by atoms with E-state index in [4.69, 9.17) is 5.73 Å². The Balaban J connectivity index is 1.79. The van der Waals surface area contributed by atoms with Gasteiger partial charge in [0.25, 0.3) is 0 Å². The van der Waals surface area contributed by atoms with E-state index in [9.17, 15) is 9.59 Å². The van der Waals surface area contributed by atoms with E-state index in [2.05, 4.69) is 10.6 Å². The van der Waals surface area contributed by atoms with E-state index in [-0.39, 0.29) is 23.4 Å². The normalized spacial score (nSPS) is 17.2. The van der Waals surface area contributed by atoms with E-state index in [1.165, 1.54) is 0 Å². The Morgan fingerprint density at radius 2 is 1.75 bits per heavy atom. The Morgan fingerprint density at radius 1 is 1.17 bits per heavy atom. The smallest absolute Gasteiger partial charge is 0.321 e. The maximum atomic E-state index is 12.2. The Labute approximate surface area is 143 Å². The van der Waals surface area contributed by atoms with Gasteiger partial charge in [-0.1, -0.05) is 39.0 Å². The van der Waals surface area contributed by atoms with Crippen molar-refractivity contribution in [2.45, 2.75) is 45.7 Å². The minimum Gasteiger partial charge on any atom is -0.352 e. The minimum atomic E-state index is -0.531. The number of likely N-dealkylation sites (tertiary alicyclic amines) is 1. The zero-order valence-electron chi connectivity index (χ0n) is 14.7. The van der Waals surface area contributed by atoms with Crippen molar-refractivity contribution in [2.75, 3.05) is 18.4 Å². The van der Waals surface area contributed by atoms with Crippen LogP contribution in [0.1, 0.15) is 33.6 Å². The molecule has 1 fully saturated rings. The number of rotatable bonds is 3. The standard InChI is InChI=1S/C18H28N4O2/c1-18(2,3)15(19)16(23)20-14-9-11-22(12-10-14)17(24)21-13-7-5-4-6-8-13/h4-8,14-15H,9-12,19H2,1-3H3,(H,20,23)(H,21,24)/t15-/m1/s1. The summed E-state index contributed by atoms with van der Waals surface area (Å²) >= 11 is 0. The van der Waals surface area contributed by atoms with Crippen LogP contribution in [-0.4, -0.2) is 42.0 Å². The van der Waals surface area contributed by atoms with Gasteiger partial charge in [-0.2, -0.15) is 0 Å². The molecule has 6 heteroatoms. The maximum Gasteiger partial charge on any atom is 0.321 e. The number of hydrogen-bond donors (Lipinski definition) is 3. The summed E-state index contributed by atoms with van der Waals surface area (Å²) in [6, 6.07) is 8.84. The van der Waals surface area contributed by atoms with Gasteiger partial charge in [-0.3, -0.25) is 4.79 Å². The third kappa shape index (κ3) is 4.96. The molecular weight excluding hydrogens is 304 g/mol. The topological polar surface area (TPSA) is 87.5 Å². The number of urea groups is 1. The first-order valence-corrected chi connectivity index (χ1v) is 8.44. The lowest BCUT2D eigenvalue weighted by molar-refractivity contribution is -0.125. The number of nitrogens with zero attached hydrogens (tertiary/aromatic N) is 1. The summed E-state index contributed by atoms with van der Waals surface area (Å²) in [6.45, 7) is 7.10. The zero-order valence-corrected chi connectivity index (χ0v) is 14.7. The van der Waals surface area contributed by atoms with Gasteiger partial charge in [0.15, 0.2) is 0 Å². The van der Waals surface area contributed by atoms with Crippen molar-refractivity contribution in [3.05, 3.63) is 30.3 Å². The molecule has 0 unspecified atom stereocenters. The van der Waals surface area contributed by atoms with Crippen molar-refractivity contribution in [3.8, 4) is 0 Å². The fourth-order valence-corrected chi connectivity index (χ4v) is 2.64. The Kier molecular flexibility index (Phi) is 5.83. The van der Waals surface area contributed by atoms with Crippen molar-refractivity contribution < 1.29 is 9.59 Å². The molecule has 6 nitrogen and oxygen atoms in total. The SMILES string of the molecule is CC(C)(C)[C@H](N)C(=O)NC1CCN(C(=O)Nc2ccccc2)CC1. The quantitative estimate of drug-likeness (QED) is 0.793. The number of hydrogen-bond acceptors (Lipinski definition) is 3. The second-order valence-corrected chi connectivity index (χ2v) is 7.41. The van der Waals surface area contributed by atoms with Gasteiger partial charge in [-0.25, -0.2) is 4.79 Å². The van der Waals surface area contributed by atoms with Crippen molar-refractivity contribution in [3.63, 3.8) is 0 Å². The van der Waals surface area contributed by atoms with Gasteiger partial charge in [0.05, 0.1) is 6.04 Å². The van der Waals surface area contributed by atoms with Crippen LogP contribution in [0.5, 0.6) is 0 Å². The minimum absolute atomic E-state index is 0.0756. The van der Waals surface area contributed by atoms with E-state index in [1.807, 2.05) is 51.1 Å². The molecule has 3 amide bonds. The molecule has 4 N–H and O–H groups in total. The summed E-state index contributed by atoms with van der Waals surface area (Å²) in [5.41, 5.74) is 6.51. The number of nitrogens with one attached hydrogen (secondary N) is 2. The molecule has 0 aromatic heterocycles. The summed E-state index contributed by atoms with van der Waals surface area (Å²) < 4.78 is 0. The van der Waals surface area contributed by atoms with Crippen molar-refractivity contribution in [1.82, 2.24) is 10.2 Å². The molecule has 1 aliphatic heterocycles. The molecule has 0 radical (unpaired) electrons. The number of anilines is 1. The lowest BCUT2D eigenvalue weighted by atomic mass is 9.86. The Bertz CT molecular complexity index is 560. The average molecular weight is 332 g/mol. The molecule has 1 aromatic rings. The number of para-hydroxylation sites is 1. The Hall–Kier alpha value is -2.08. The lowest BCUT2D eigenvalue weighted by Crippen LogP contribution is -2.54. The molecule has 1 saturated heterocycles. The molecule has 1 heterocycles. The van der Waals surface area contributed by atoms with Crippen LogP contribution in [0.3, 0.4) is 0 Å². The molecule has 132 valence electrons. The third-order valence-corrected chi connectivity index (χ3v) is 4.37. The summed E-state index contributed by atoms with van der Waals surface area (Å²) in [4.78, 5) is 26.2. The van der Waals surface area contributed by atoms with Crippen LogP contribution in [0.25, 0.3) is 0 Å². The molecule has 1 aliphatic rings. The van der Waals surface area contributed by atoms with Gasteiger partial charge in [0.1, 0.15) is 0 Å². The number of carbonyl (C=O) groups is 2. The van der Waals surface area contributed by atoms with E-state index in [0.29, 0.717) is 13.1 Å². The highest BCUT2D eigenvalue weighted by Crippen LogP contribution is 2.18. The highest BCUT2D eigenvalue weighted by Gasteiger charge is 2.30. The first-order chi connectivity index (χ1) is 11.3. The van der Waals surface area contributed by atoms with Gasteiger partial charge >= 0.3 is 6.03 Å². The molecule has 1 aromatic carbocycles. The highest BCUT2D eigenvalue weighted by molar-refractivity contribution is 5.89. The monoisotopic (exact) mass is 332 g/mol. The second-order valence-electron chi connectivity index (χ2n) is 7.41. The van der Waals surface area contributed by atoms with Gasteiger partial charge in [-0.15, -0.1) is 0 Å². The fraction of sp³-hybridized carbons (Fsp3) is 0.556. The van der Waals surface area contributed by atoms with Gasteiger partial charge in [0, 0.05) is 24.8 Å². The van der Waals surface area contributed by atoms with Gasteiger partial charge in [0.2, 0.25) is 5.91 Å². The summed E-state index contributed by atoms with van der Waals surface area (Å²) in [5.74, 6) is -0.116. The third-order valence-electron chi connectivity index (χ3n) is 4.37. The van der Waals surface area contributed by atoms with Crippen LogP contribution < -0.4 is 16.4 Å². The first-order valence-electron chi connectivity index (χ1n) is 8.44. The van der Waals surface area contributed by atoms with Crippen LogP contribution in [-0.2, 0) is 4.79 Å². The molecule has 0 saturated carbocycles. The van der Waals surface area contributed by atoms with Crippen LogP contribution >= 0.6 is 0 Å². The average Bonchev–Trinajstić information content (AvgIpc) is 2.54. The molecule has 0 spiro atoms. The van der Waals surface area contributed by atoms with Crippen LogP contribution in [0, 0.1) is 5.41 Å². The predicted molar refractivity (Wildman–Crippen MR) is 95.6 cm³/mol.